The molecule has 0 bridgehead atoms. The summed E-state index contributed by atoms with van der Waals surface area (Å²) >= 11 is 0. The Morgan fingerprint density at radius 3 is 2.68 bits per heavy atom. The summed E-state index contributed by atoms with van der Waals surface area (Å²) in [4.78, 5) is 16.5. The number of para-hydroxylation sites is 1. The molecule has 158 valence electrons. The smallest absolute Gasteiger partial charge is 0.293 e. The highest BCUT2D eigenvalue weighted by molar-refractivity contribution is 6.01. The molecule has 0 saturated heterocycles. The lowest BCUT2D eigenvalue weighted by Gasteiger charge is -2.10. The summed E-state index contributed by atoms with van der Waals surface area (Å²) < 4.78 is 26.3. The topological polar surface area (TPSA) is 82.2 Å². The number of carbonyl (C=O) groups excluding carboxylic acids is 1. The van der Waals surface area contributed by atoms with E-state index in [-0.39, 0.29) is 24.1 Å². The van der Waals surface area contributed by atoms with Crippen LogP contribution in [0.15, 0.2) is 65.3 Å². The van der Waals surface area contributed by atoms with E-state index < -0.39 is 5.91 Å². The van der Waals surface area contributed by atoms with Crippen molar-refractivity contribution >= 4 is 11.9 Å². The van der Waals surface area contributed by atoms with Crippen molar-refractivity contribution < 1.29 is 18.3 Å². The van der Waals surface area contributed by atoms with E-state index in [1.807, 2.05) is 32.0 Å². The van der Waals surface area contributed by atoms with Crippen LogP contribution in [0.25, 0.3) is 0 Å². The number of rotatable bonds is 7. The van der Waals surface area contributed by atoms with Crippen LogP contribution in [-0.4, -0.2) is 20.7 Å². The number of ether oxygens (including phenoxy) is 1. The Morgan fingerprint density at radius 2 is 1.90 bits per heavy atom. The molecule has 4 aromatic rings. The highest BCUT2D eigenvalue weighted by Crippen LogP contribution is 2.24. The summed E-state index contributed by atoms with van der Waals surface area (Å²) in [6.07, 6.45) is 1.46. The van der Waals surface area contributed by atoms with Gasteiger partial charge in [0.15, 0.2) is 5.76 Å². The summed E-state index contributed by atoms with van der Waals surface area (Å²) in [7, 11) is 0. The molecule has 7 nitrogen and oxygen atoms in total. The number of benzene rings is 2. The molecule has 2 aromatic heterocycles. The van der Waals surface area contributed by atoms with Crippen molar-refractivity contribution in [1.29, 1.82) is 0 Å². The van der Waals surface area contributed by atoms with Gasteiger partial charge >= 0.3 is 0 Å². The van der Waals surface area contributed by atoms with E-state index in [9.17, 15) is 9.18 Å². The number of furan rings is 1. The number of halogens is 1. The molecule has 0 aliphatic rings. The van der Waals surface area contributed by atoms with Crippen molar-refractivity contribution in [2.45, 2.75) is 27.0 Å². The Hall–Kier alpha value is -3.94. The maximum atomic E-state index is 13.3. The Labute approximate surface area is 178 Å². The second-order valence-corrected chi connectivity index (χ2v) is 7.13. The van der Waals surface area contributed by atoms with Crippen LogP contribution >= 0.6 is 0 Å². The van der Waals surface area contributed by atoms with Gasteiger partial charge in [0, 0.05) is 0 Å². The summed E-state index contributed by atoms with van der Waals surface area (Å²) in [5.74, 6) is 0.797. The number of aromatic nitrogens is 3. The molecule has 0 unspecified atom stereocenters. The molecule has 0 saturated carbocycles. The van der Waals surface area contributed by atoms with E-state index in [0.717, 1.165) is 22.4 Å². The molecule has 0 atom stereocenters. The summed E-state index contributed by atoms with van der Waals surface area (Å²) in [6.45, 7) is 4.49. The molecule has 8 heteroatoms. The Kier molecular flexibility index (Phi) is 5.79. The molecular weight excluding hydrogens is 399 g/mol. The van der Waals surface area contributed by atoms with Gasteiger partial charge < -0.3 is 9.15 Å². The van der Waals surface area contributed by atoms with Crippen molar-refractivity contribution in [2.75, 3.05) is 5.32 Å². The zero-order valence-corrected chi connectivity index (χ0v) is 17.1. The van der Waals surface area contributed by atoms with E-state index in [1.54, 1.807) is 24.3 Å². The number of nitrogens with one attached hydrogen (secondary N) is 1. The molecule has 1 amide bonds. The number of anilines is 1. The van der Waals surface area contributed by atoms with Gasteiger partial charge in [-0.05, 0) is 54.8 Å². The Bertz CT molecular complexity index is 1190. The number of aryl methyl sites for hydroxylation is 2. The minimum atomic E-state index is -0.471. The summed E-state index contributed by atoms with van der Waals surface area (Å²) in [5, 5.41) is 6.78. The van der Waals surface area contributed by atoms with Crippen molar-refractivity contribution in [3.63, 3.8) is 0 Å². The maximum Gasteiger partial charge on any atom is 0.293 e. The van der Waals surface area contributed by atoms with Crippen LogP contribution in [0.2, 0.25) is 0 Å². The molecule has 31 heavy (non-hydrogen) atoms. The quantitative estimate of drug-likeness (QED) is 0.476. The van der Waals surface area contributed by atoms with Gasteiger partial charge in [0.2, 0.25) is 5.95 Å². The van der Waals surface area contributed by atoms with Crippen molar-refractivity contribution in [2.24, 2.45) is 0 Å². The first-order valence-electron chi connectivity index (χ1n) is 9.71. The van der Waals surface area contributed by atoms with E-state index in [4.69, 9.17) is 9.15 Å². The molecular formula is C23H21FN4O3. The molecule has 0 radical (unpaired) electrons. The number of hydrogen-bond donors (Lipinski definition) is 1. The van der Waals surface area contributed by atoms with Crippen molar-refractivity contribution in [3.05, 3.63) is 95.0 Å². The Morgan fingerprint density at radius 1 is 1.13 bits per heavy atom. The number of nitrogens with zero attached hydrogens (tertiary/aromatic N) is 3. The fourth-order valence-corrected chi connectivity index (χ4v) is 3.16. The largest absolute Gasteiger partial charge is 0.485 e. The van der Waals surface area contributed by atoms with Crippen LogP contribution in [0.1, 0.15) is 33.0 Å². The van der Waals surface area contributed by atoms with Crippen LogP contribution in [0.5, 0.6) is 5.75 Å². The van der Waals surface area contributed by atoms with E-state index in [0.29, 0.717) is 12.3 Å². The molecule has 4 rings (SSSR count). The van der Waals surface area contributed by atoms with Crippen LogP contribution in [-0.2, 0) is 13.2 Å². The number of amides is 1. The lowest BCUT2D eigenvalue weighted by atomic mass is 10.1. The lowest BCUT2D eigenvalue weighted by molar-refractivity contribution is 0.0991. The molecule has 2 heterocycles. The second kappa shape index (κ2) is 8.83. The third-order valence-corrected chi connectivity index (χ3v) is 4.65. The lowest BCUT2D eigenvalue weighted by Crippen LogP contribution is -2.12. The minimum Gasteiger partial charge on any atom is -0.485 e. The van der Waals surface area contributed by atoms with Crippen LogP contribution < -0.4 is 10.1 Å². The maximum absolute atomic E-state index is 13.3. The third kappa shape index (κ3) is 4.98. The molecule has 0 aliphatic carbocycles. The summed E-state index contributed by atoms with van der Waals surface area (Å²) in [6, 6.07) is 15.4. The number of carbonyl (C=O) groups is 1. The molecule has 0 spiro atoms. The van der Waals surface area contributed by atoms with Crippen LogP contribution in [0.4, 0.5) is 10.3 Å². The highest BCUT2D eigenvalue weighted by atomic mass is 19.1. The average molecular weight is 420 g/mol. The van der Waals surface area contributed by atoms with E-state index >= 15 is 0 Å². The molecule has 0 fully saturated rings. The van der Waals surface area contributed by atoms with Gasteiger partial charge in [-0.1, -0.05) is 30.3 Å². The van der Waals surface area contributed by atoms with Gasteiger partial charge in [-0.3, -0.25) is 10.1 Å². The zero-order chi connectivity index (χ0) is 21.8. The van der Waals surface area contributed by atoms with Gasteiger partial charge in [0.05, 0.1) is 6.54 Å². The Balaban J connectivity index is 1.35. The SMILES string of the molecule is Cc1cccc(C)c1OCc1ccc(C(=O)Nc2ncn(Cc3cccc(F)c3)n2)o1. The molecule has 2 aromatic carbocycles. The first kappa shape index (κ1) is 20.3. The second-order valence-electron chi connectivity index (χ2n) is 7.13. The molecule has 1 N–H and O–H groups in total. The highest BCUT2D eigenvalue weighted by Gasteiger charge is 2.15. The van der Waals surface area contributed by atoms with Gasteiger partial charge in [0.1, 0.15) is 30.3 Å². The molecule has 0 aliphatic heterocycles. The normalized spacial score (nSPS) is 10.8. The van der Waals surface area contributed by atoms with Crippen molar-refractivity contribution in [1.82, 2.24) is 14.8 Å². The minimum absolute atomic E-state index is 0.126. The fraction of sp³-hybridized carbons (Fsp3) is 0.174. The summed E-state index contributed by atoms with van der Waals surface area (Å²) in [5.41, 5.74) is 2.80. The predicted molar refractivity (Wildman–Crippen MR) is 112 cm³/mol. The predicted octanol–water partition coefficient (Wildman–Crippen LogP) is 4.51. The average Bonchev–Trinajstić information content (AvgIpc) is 3.37. The van der Waals surface area contributed by atoms with E-state index in [2.05, 4.69) is 15.4 Å². The van der Waals surface area contributed by atoms with Crippen molar-refractivity contribution in [3.8, 4) is 5.75 Å². The monoisotopic (exact) mass is 420 g/mol. The first-order chi connectivity index (χ1) is 15.0. The number of hydrogen-bond acceptors (Lipinski definition) is 5. The van der Waals surface area contributed by atoms with Crippen LogP contribution in [0.3, 0.4) is 0 Å². The van der Waals surface area contributed by atoms with Gasteiger partial charge in [-0.25, -0.2) is 14.1 Å². The standard InChI is InChI=1S/C23H21FN4O3/c1-15-5-3-6-16(2)21(15)30-13-19-9-10-20(31-19)22(29)26-23-25-14-28(27-23)12-17-7-4-8-18(24)11-17/h3-11,14H,12-13H2,1-2H3,(H,26,27,29). The van der Waals surface area contributed by atoms with Gasteiger partial charge in [-0.2, -0.15) is 0 Å². The fourth-order valence-electron chi connectivity index (χ4n) is 3.16. The van der Waals surface area contributed by atoms with E-state index in [1.165, 1.54) is 23.1 Å². The van der Waals surface area contributed by atoms with Crippen LogP contribution in [0, 0.1) is 19.7 Å². The van der Waals surface area contributed by atoms with Gasteiger partial charge in [-0.15, -0.1) is 5.10 Å². The third-order valence-electron chi connectivity index (χ3n) is 4.65. The van der Waals surface area contributed by atoms with Gasteiger partial charge in [0.25, 0.3) is 5.91 Å². The first-order valence-corrected chi connectivity index (χ1v) is 9.71. The zero-order valence-electron chi connectivity index (χ0n) is 17.1.